The van der Waals surface area contributed by atoms with E-state index in [2.05, 4.69) is 55.4 Å². The van der Waals surface area contributed by atoms with Crippen LogP contribution in [0.1, 0.15) is 16.5 Å². The molecule has 0 bridgehead atoms. The Hall–Kier alpha value is -2.86. The van der Waals surface area contributed by atoms with Gasteiger partial charge in [-0.2, -0.15) is 0 Å². The highest BCUT2D eigenvalue weighted by molar-refractivity contribution is 8.00. The normalized spacial score (nSPS) is 16.2. The summed E-state index contributed by atoms with van der Waals surface area (Å²) in [6.07, 6.45) is 0. The first-order chi connectivity index (χ1) is 14.5. The van der Waals surface area contributed by atoms with Crippen LogP contribution in [0, 0.1) is 0 Å². The number of carbonyl (C=O) groups excluding carboxylic acids is 1. The Morgan fingerprint density at radius 1 is 1.00 bits per heavy atom. The van der Waals surface area contributed by atoms with Crippen molar-refractivity contribution in [2.24, 2.45) is 0 Å². The molecule has 1 aliphatic rings. The molecule has 0 radical (unpaired) electrons. The Labute approximate surface area is 181 Å². The van der Waals surface area contributed by atoms with Crippen molar-refractivity contribution in [3.8, 4) is 11.5 Å². The summed E-state index contributed by atoms with van der Waals surface area (Å²) in [6.45, 7) is 0.508. The molecule has 3 aromatic rings. The maximum atomic E-state index is 12.8. The van der Waals surface area contributed by atoms with Gasteiger partial charge in [0.25, 0.3) is 0 Å². The number of anilines is 1. The summed E-state index contributed by atoms with van der Waals surface area (Å²) in [6, 6.07) is 18.5. The summed E-state index contributed by atoms with van der Waals surface area (Å²) in [5.74, 6) is 2.07. The van der Waals surface area contributed by atoms with Crippen molar-refractivity contribution in [2.75, 3.05) is 39.0 Å². The monoisotopic (exact) mass is 422 g/mol. The molecule has 156 valence electrons. The topological polar surface area (TPSA) is 42.0 Å². The second-order valence-corrected chi connectivity index (χ2v) is 8.59. The molecule has 0 aliphatic carbocycles. The van der Waals surface area contributed by atoms with E-state index in [9.17, 15) is 4.79 Å². The molecule has 0 spiro atoms. The first-order valence-electron chi connectivity index (χ1n) is 9.84. The SMILES string of the molecule is COc1cc(CN2C(=O)CSC2c2ccc(N(C)C)c3ccccc23)cc(OC)c1. The number of hydrogen-bond donors (Lipinski definition) is 0. The number of amides is 1. The van der Waals surface area contributed by atoms with E-state index in [0.717, 1.165) is 17.1 Å². The summed E-state index contributed by atoms with van der Waals surface area (Å²) in [5.41, 5.74) is 3.33. The lowest BCUT2D eigenvalue weighted by Gasteiger charge is -2.27. The minimum absolute atomic E-state index is 0.0317. The molecule has 1 saturated heterocycles. The zero-order chi connectivity index (χ0) is 21.3. The highest BCUT2D eigenvalue weighted by Gasteiger charge is 2.34. The first-order valence-corrected chi connectivity index (χ1v) is 10.9. The van der Waals surface area contributed by atoms with Gasteiger partial charge in [-0.15, -0.1) is 11.8 Å². The van der Waals surface area contributed by atoms with Crippen LogP contribution in [0.2, 0.25) is 0 Å². The molecule has 1 fully saturated rings. The maximum absolute atomic E-state index is 12.8. The Bertz CT molecular complexity index is 1060. The van der Waals surface area contributed by atoms with Crippen LogP contribution < -0.4 is 14.4 Å². The predicted molar refractivity (Wildman–Crippen MR) is 124 cm³/mol. The lowest BCUT2D eigenvalue weighted by molar-refractivity contribution is -0.128. The number of benzene rings is 3. The van der Waals surface area contributed by atoms with Crippen molar-refractivity contribution in [3.63, 3.8) is 0 Å². The zero-order valence-corrected chi connectivity index (χ0v) is 18.5. The number of methoxy groups -OCH3 is 2. The van der Waals surface area contributed by atoms with E-state index in [0.29, 0.717) is 12.3 Å². The van der Waals surface area contributed by atoms with Crippen molar-refractivity contribution in [1.29, 1.82) is 0 Å². The van der Waals surface area contributed by atoms with Crippen LogP contribution in [0.4, 0.5) is 5.69 Å². The minimum atomic E-state index is -0.0317. The lowest BCUT2D eigenvalue weighted by Crippen LogP contribution is -2.27. The molecule has 1 atom stereocenters. The third kappa shape index (κ3) is 3.79. The van der Waals surface area contributed by atoms with E-state index in [1.54, 1.807) is 26.0 Å². The van der Waals surface area contributed by atoms with Gasteiger partial charge in [0.05, 0.1) is 20.0 Å². The average Bonchev–Trinajstić information content (AvgIpc) is 3.12. The summed E-state index contributed by atoms with van der Waals surface area (Å²) < 4.78 is 10.8. The quantitative estimate of drug-likeness (QED) is 0.576. The molecule has 5 nitrogen and oxygen atoms in total. The van der Waals surface area contributed by atoms with Crippen LogP contribution in [0.15, 0.2) is 54.6 Å². The number of fused-ring (bicyclic) bond motifs is 1. The van der Waals surface area contributed by atoms with Gasteiger partial charge in [0.2, 0.25) is 5.91 Å². The van der Waals surface area contributed by atoms with Gasteiger partial charge < -0.3 is 19.3 Å². The third-order valence-electron chi connectivity index (χ3n) is 5.41. The molecular weight excluding hydrogens is 396 g/mol. The molecule has 1 aliphatic heterocycles. The maximum Gasteiger partial charge on any atom is 0.234 e. The molecule has 0 aromatic heterocycles. The largest absolute Gasteiger partial charge is 0.497 e. The molecule has 30 heavy (non-hydrogen) atoms. The molecule has 1 unspecified atom stereocenters. The number of nitrogens with zero attached hydrogens (tertiary/aromatic N) is 2. The van der Waals surface area contributed by atoms with Gasteiger partial charge >= 0.3 is 0 Å². The number of rotatable bonds is 6. The second-order valence-electron chi connectivity index (χ2n) is 7.52. The summed E-state index contributed by atoms with van der Waals surface area (Å²) in [5, 5.41) is 2.35. The van der Waals surface area contributed by atoms with Crippen LogP contribution in [0.3, 0.4) is 0 Å². The Balaban J connectivity index is 1.73. The molecule has 1 amide bonds. The fraction of sp³-hybridized carbons (Fsp3) is 0.292. The van der Waals surface area contributed by atoms with Crippen LogP contribution in [0.5, 0.6) is 11.5 Å². The van der Waals surface area contributed by atoms with Gasteiger partial charge in [-0.25, -0.2) is 0 Å². The van der Waals surface area contributed by atoms with Crippen molar-refractivity contribution in [2.45, 2.75) is 11.9 Å². The van der Waals surface area contributed by atoms with Crippen LogP contribution in [0.25, 0.3) is 10.8 Å². The van der Waals surface area contributed by atoms with Crippen LogP contribution in [-0.2, 0) is 11.3 Å². The molecule has 4 rings (SSSR count). The summed E-state index contributed by atoms with van der Waals surface area (Å²) in [4.78, 5) is 16.9. The molecule has 1 heterocycles. The van der Waals surface area contributed by atoms with Crippen LogP contribution in [-0.4, -0.2) is 44.9 Å². The van der Waals surface area contributed by atoms with Gasteiger partial charge in [0, 0.05) is 37.8 Å². The van der Waals surface area contributed by atoms with E-state index >= 15 is 0 Å². The highest BCUT2D eigenvalue weighted by Crippen LogP contribution is 2.44. The first kappa shape index (κ1) is 20.4. The van der Waals surface area contributed by atoms with E-state index in [1.807, 2.05) is 23.1 Å². The Morgan fingerprint density at radius 2 is 1.67 bits per heavy atom. The van der Waals surface area contributed by atoms with Crippen molar-refractivity contribution in [1.82, 2.24) is 4.90 Å². The van der Waals surface area contributed by atoms with Crippen LogP contribution >= 0.6 is 11.8 Å². The smallest absolute Gasteiger partial charge is 0.234 e. The average molecular weight is 423 g/mol. The molecular formula is C24H26N2O3S. The van der Waals surface area contributed by atoms with Crippen molar-refractivity contribution < 1.29 is 14.3 Å². The van der Waals surface area contributed by atoms with Gasteiger partial charge in [0.15, 0.2) is 0 Å². The van der Waals surface area contributed by atoms with Crippen molar-refractivity contribution in [3.05, 3.63) is 65.7 Å². The fourth-order valence-electron chi connectivity index (χ4n) is 3.95. The second kappa shape index (κ2) is 8.48. The molecule has 0 N–H and O–H groups in total. The van der Waals surface area contributed by atoms with E-state index < -0.39 is 0 Å². The number of ether oxygens (including phenoxy) is 2. The van der Waals surface area contributed by atoms with Gasteiger partial charge in [0.1, 0.15) is 16.9 Å². The lowest BCUT2D eigenvalue weighted by atomic mass is 10.0. The van der Waals surface area contributed by atoms with Gasteiger partial charge in [-0.05, 0) is 34.7 Å². The fourth-order valence-corrected chi connectivity index (χ4v) is 5.17. The molecule has 0 saturated carbocycles. The third-order valence-corrected chi connectivity index (χ3v) is 6.65. The van der Waals surface area contributed by atoms with Gasteiger partial charge in [-0.3, -0.25) is 4.79 Å². The highest BCUT2D eigenvalue weighted by atomic mass is 32.2. The van der Waals surface area contributed by atoms with Gasteiger partial charge in [-0.1, -0.05) is 30.3 Å². The molecule has 6 heteroatoms. The van der Waals surface area contributed by atoms with Crippen molar-refractivity contribution >= 4 is 34.1 Å². The number of carbonyl (C=O) groups is 1. The predicted octanol–water partition coefficient (Wildman–Crippen LogP) is 4.70. The Morgan fingerprint density at radius 3 is 2.30 bits per heavy atom. The number of thioether (sulfide) groups is 1. The molecule has 3 aromatic carbocycles. The minimum Gasteiger partial charge on any atom is -0.497 e. The summed E-state index contributed by atoms with van der Waals surface area (Å²) >= 11 is 1.68. The Kier molecular flexibility index (Phi) is 5.77. The van der Waals surface area contributed by atoms with E-state index in [-0.39, 0.29) is 11.3 Å². The standard InChI is InChI=1S/C24H26N2O3S/c1-25(2)22-10-9-21(19-7-5-6-8-20(19)22)24-26(23(27)15-30-24)14-16-11-17(28-3)13-18(12-16)29-4/h5-13,24H,14-15H2,1-4H3. The van der Waals surface area contributed by atoms with E-state index in [4.69, 9.17) is 9.47 Å². The van der Waals surface area contributed by atoms with E-state index in [1.165, 1.54) is 22.0 Å². The zero-order valence-electron chi connectivity index (χ0n) is 17.7. The number of hydrogen-bond acceptors (Lipinski definition) is 5. The summed E-state index contributed by atoms with van der Waals surface area (Å²) in [7, 11) is 7.38.